The van der Waals surface area contributed by atoms with Crippen molar-refractivity contribution in [1.82, 2.24) is 24.9 Å². The topological polar surface area (TPSA) is 93.6 Å². The zero-order valence-corrected chi connectivity index (χ0v) is 12.8. The average molecular weight is 309 g/mol. The molecule has 0 unspecified atom stereocenters. The number of nitrogens with zero attached hydrogens (tertiary/aromatic N) is 4. The van der Waals surface area contributed by atoms with Crippen molar-refractivity contribution in [3.05, 3.63) is 40.2 Å². The van der Waals surface area contributed by atoms with Gasteiger partial charge < -0.3 is 9.72 Å². The number of methoxy groups -OCH3 is 1. The third kappa shape index (κ3) is 2.34. The SMILES string of the molecule is COc1ncnc(C2CC2)c1-c1nc(C)c2ccc(=O)[nH]c2n1. The highest BCUT2D eigenvalue weighted by molar-refractivity contribution is 5.80. The third-order valence-electron chi connectivity index (χ3n) is 4.00. The predicted octanol–water partition coefficient (Wildman–Crippen LogP) is 1.97. The zero-order valence-electron chi connectivity index (χ0n) is 12.8. The Bertz CT molecular complexity index is 962. The van der Waals surface area contributed by atoms with Crippen molar-refractivity contribution in [1.29, 1.82) is 0 Å². The van der Waals surface area contributed by atoms with E-state index in [0.717, 1.165) is 29.6 Å². The summed E-state index contributed by atoms with van der Waals surface area (Å²) in [5, 5.41) is 0.817. The number of H-pyrrole nitrogens is 1. The number of hydrogen-bond donors (Lipinski definition) is 1. The van der Waals surface area contributed by atoms with Gasteiger partial charge in [0.05, 0.1) is 18.5 Å². The molecule has 0 spiro atoms. The van der Waals surface area contributed by atoms with E-state index in [1.165, 1.54) is 12.4 Å². The number of ether oxygens (including phenoxy) is 1. The Hall–Kier alpha value is -2.83. The number of rotatable bonds is 3. The lowest BCUT2D eigenvalue weighted by Crippen LogP contribution is -2.08. The first kappa shape index (κ1) is 13.8. The van der Waals surface area contributed by atoms with E-state index in [9.17, 15) is 4.79 Å². The van der Waals surface area contributed by atoms with Gasteiger partial charge in [0, 0.05) is 17.4 Å². The van der Waals surface area contributed by atoms with Crippen molar-refractivity contribution in [3.63, 3.8) is 0 Å². The maximum Gasteiger partial charge on any atom is 0.249 e. The fourth-order valence-corrected chi connectivity index (χ4v) is 2.72. The largest absolute Gasteiger partial charge is 0.480 e. The van der Waals surface area contributed by atoms with Crippen molar-refractivity contribution in [2.45, 2.75) is 25.7 Å². The smallest absolute Gasteiger partial charge is 0.249 e. The van der Waals surface area contributed by atoms with Crippen LogP contribution in [0.15, 0.2) is 23.3 Å². The lowest BCUT2D eigenvalue weighted by molar-refractivity contribution is 0.397. The number of pyridine rings is 1. The van der Waals surface area contributed by atoms with Crippen LogP contribution < -0.4 is 10.3 Å². The standard InChI is InChI=1S/C16H15N5O2/c1-8-10-5-6-11(22)20-14(10)21-15(19-8)12-13(9-3-4-9)17-7-18-16(12)23-2/h5-7,9H,3-4H2,1-2H3,(H,19,20,21,22). The molecule has 0 amide bonds. The maximum absolute atomic E-state index is 11.6. The number of aromatic nitrogens is 5. The van der Waals surface area contributed by atoms with Crippen LogP contribution >= 0.6 is 0 Å². The maximum atomic E-state index is 11.6. The quantitative estimate of drug-likeness (QED) is 0.795. The van der Waals surface area contributed by atoms with Gasteiger partial charge in [-0.3, -0.25) is 4.79 Å². The fraction of sp³-hybridized carbons (Fsp3) is 0.312. The number of nitrogens with one attached hydrogen (secondary N) is 1. The second-order valence-corrected chi connectivity index (χ2v) is 5.63. The van der Waals surface area contributed by atoms with Crippen LogP contribution in [-0.2, 0) is 0 Å². The van der Waals surface area contributed by atoms with Crippen LogP contribution in [0.4, 0.5) is 0 Å². The first-order valence-corrected chi connectivity index (χ1v) is 7.44. The predicted molar refractivity (Wildman–Crippen MR) is 84.4 cm³/mol. The summed E-state index contributed by atoms with van der Waals surface area (Å²) in [6.45, 7) is 1.89. The van der Waals surface area contributed by atoms with Crippen LogP contribution in [0.25, 0.3) is 22.4 Å². The third-order valence-corrected chi connectivity index (χ3v) is 4.00. The van der Waals surface area contributed by atoms with E-state index in [2.05, 4.69) is 24.9 Å². The summed E-state index contributed by atoms with van der Waals surface area (Å²) in [5.41, 5.74) is 2.72. The second kappa shape index (κ2) is 5.12. The Morgan fingerprint density at radius 2 is 2.04 bits per heavy atom. The van der Waals surface area contributed by atoms with E-state index in [1.807, 2.05) is 6.92 Å². The number of hydrogen-bond acceptors (Lipinski definition) is 6. The van der Waals surface area contributed by atoms with E-state index in [1.54, 1.807) is 13.2 Å². The molecule has 7 nitrogen and oxygen atoms in total. The number of aromatic amines is 1. The van der Waals surface area contributed by atoms with E-state index in [-0.39, 0.29) is 5.56 Å². The van der Waals surface area contributed by atoms with Crippen LogP contribution in [0.5, 0.6) is 5.88 Å². The van der Waals surface area contributed by atoms with Gasteiger partial charge in [0.15, 0.2) is 5.82 Å². The van der Waals surface area contributed by atoms with Crippen molar-refractivity contribution >= 4 is 11.0 Å². The van der Waals surface area contributed by atoms with Gasteiger partial charge in [-0.1, -0.05) is 0 Å². The molecule has 1 aliphatic carbocycles. The van der Waals surface area contributed by atoms with Gasteiger partial charge in [0.2, 0.25) is 11.4 Å². The van der Waals surface area contributed by atoms with Gasteiger partial charge in [-0.25, -0.2) is 19.9 Å². The Labute approximate surface area is 131 Å². The molecule has 116 valence electrons. The molecule has 0 aliphatic heterocycles. The summed E-state index contributed by atoms with van der Waals surface area (Å²) < 4.78 is 5.39. The molecule has 3 aromatic heterocycles. The molecule has 23 heavy (non-hydrogen) atoms. The van der Waals surface area contributed by atoms with Crippen LogP contribution in [-0.4, -0.2) is 32.0 Å². The molecule has 4 rings (SSSR count). The molecule has 3 heterocycles. The van der Waals surface area contributed by atoms with E-state index in [0.29, 0.717) is 28.8 Å². The monoisotopic (exact) mass is 309 g/mol. The van der Waals surface area contributed by atoms with Gasteiger partial charge in [-0.2, -0.15) is 0 Å². The van der Waals surface area contributed by atoms with Gasteiger partial charge in [-0.15, -0.1) is 0 Å². The minimum absolute atomic E-state index is 0.194. The summed E-state index contributed by atoms with van der Waals surface area (Å²) in [5.74, 6) is 1.34. The first-order chi connectivity index (χ1) is 11.2. The van der Waals surface area contributed by atoms with Crippen molar-refractivity contribution in [2.75, 3.05) is 7.11 Å². The molecule has 0 saturated heterocycles. The lowest BCUT2D eigenvalue weighted by Gasteiger charge is -2.11. The second-order valence-electron chi connectivity index (χ2n) is 5.63. The molecule has 0 atom stereocenters. The summed E-state index contributed by atoms with van der Waals surface area (Å²) in [6, 6.07) is 3.20. The molecule has 1 N–H and O–H groups in total. The molecule has 0 aromatic carbocycles. The molecule has 1 aliphatic rings. The van der Waals surface area contributed by atoms with Gasteiger partial charge in [0.1, 0.15) is 17.5 Å². The van der Waals surface area contributed by atoms with Crippen molar-refractivity contribution in [2.24, 2.45) is 0 Å². The number of fused-ring (bicyclic) bond motifs is 1. The first-order valence-electron chi connectivity index (χ1n) is 7.44. The minimum Gasteiger partial charge on any atom is -0.480 e. The molecule has 0 radical (unpaired) electrons. The van der Waals surface area contributed by atoms with Crippen molar-refractivity contribution < 1.29 is 4.74 Å². The highest BCUT2D eigenvalue weighted by atomic mass is 16.5. The van der Waals surface area contributed by atoms with Crippen LogP contribution in [0.2, 0.25) is 0 Å². The molecule has 0 bridgehead atoms. The summed E-state index contributed by atoms with van der Waals surface area (Å²) >= 11 is 0. The van der Waals surface area contributed by atoms with E-state index in [4.69, 9.17) is 4.74 Å². The highest BCUT2D eigenvalue weighted by Crippen LogP contribution is 2.44. The Balaban J connectivity index is 2.01. The van der Waals surface area contributed by atoms with E-state index < -0.39 is 0 Å². The molecule has 7 heteroatoms. The molecule has 1 saturated carbocycles. The Kier molecular flexibility index (Phi) is 3.07. The van der Waals surface area contributed by atoms with Crippen LogP contribution in [0.1, 0.15) is 30.1 Å². The lowest BCUT2D eigenvalue weighted by atomic mass is 10.1. The highest BCUT2D eigenvalue weighted by Gasteiger charge is 2.31. The normalized spacial score (nSPS) is 14.2. The average Bonchev–Trinajstić information content (AvgIpc) is 3.38. The van der Waals surface area contributed by atoms with Gasteiger partial charge in [0.25, 0.3) is 0 Å². The molecule has 3 aromatic rings. The Morgan fingerprint density at radius 3 is 2.78 bits per heavy atom. The number of aryl methyl sites for hydroxylation is 1. The van der Waals surface area contributed by atoms with Gasteiger partial charge >= 0.3 is 0 Å². The molecule has 1 fully saturated rings. The summed E-state index contributed by atoms with van der Waals surface area (Å²) in [4.78, 5) is 32.0. The minimum atomic E-state index is -0.194. The van der Waals surface area contributed by atoms with Crippen LogP contribution in [0, 0.1) is 6.92 Å². The fourth-order valence-electron chi connectivity index (χ4n) is 2.72. The summed E-state index contributed by atoms with van der Waals surface area (Å²) in [6.07, 6.45) is 3.69. The molecular formula is C16H15N5O2. The van der Waals surface area contributed by atoms with E-state index >= 15 is 0 Å². The van der Waals surface area contributed by atoms with Crippen molar-refractivity contribution in [3.8, 4) is 17.3 Å². The zero-order chi connectivity index (χ0) is 16.0. The van der Waals surface area contributed by atoms with Gasteiger partial charge in [-0.05, 0) is 25.8 Å². The van der Waals surface area contributed by atoms with Crippen LogP contribution in [0.3, 0.4) is 0 Å². The molecular weight excluding hydrogens is 294 g/mol. The Morgan fingerprint density at radius 1 is 1.22 bits per heavy atom. The summed E-state index contributed by atoms with van der Waals surface area (Å²) in [7, 11) is 1.57.